The number of alkyl halides is 3. The Labute approximate surface area is 570 Å². The fourth-order valence-electron chi connectivity index (χ4n) is 12.6. The van der Waals surface area contributed by atoms with Crippen LogP contribution in [0.2, 0.25) is 0 Å². The van der Waals surface area contributed by atoms with E-state index in [1.54, 1.807) is 52.0 Å². The van der Waals surface area contributed by atoms with Crippen LogP contribution in [0.4, 0.5) is 13.2 Å². The van der Waals surface area contributed by atoms with Gasteiger partial charge in [-0.05, 0) is 90.1 Å². The first-order valence-electron chi connectivity index (χ1n) is 33.1. The van der Waals surface area contributed by atoms with Crippen LogP contribution in [-0.4, -0.2) is 163 Å². The molecular weight excluding hydrogens is 1310 g/mol. The lowest BCUT2D eigenvalue weighted by Crippen LogP contribution is -2.59. The van der Waals surface area contributed by atoms with Crippen molar-refractivity contribution in [2.24, 2.45) is 10.8 Å². The number of fused-ring (bicyclic) bond motifs is 1. The molecule has 8 N–H and O–H groups in total. The topological polar surface area (TPSA) is 306 Å². The molecule has 1 saturated carbocycles. The van der Waals surface area contributed by atoms with Crippen molar-refractivity contribution in [3.63, 3.8) is 0 Å². The van der Waals surface area contributed by atoms with Crippen molar-refractivity contribution in [2.45, 2.75) is 192 Å². The lowest BCUT2D eigenvalue weighted by Gasteiger charge is -2.38. The van der Waals surface area contributed by atoms with E-state index in [2.05, 4.69) is 31.6 Å². The molecule has 0 bridgehead atoms. The Bertz CT molecular complexity index is 3720. The fourth-order valence-corrected chi connectivity index (χ4v) is 14.9. The highest BCUT2D eigenvalue weighted by Crippen LogP contribution is 2.59. The number of aliphatic hydroxyl groups is 1. The number of thiophene rings is 1. The highest BCUT2D eigenvalue weighted by atomic mass is 32.1. The number of amides is 8. The monoisotopic (exact) mass is 1400 g/mol. The van der Waals surface area contributed by atoms with Gasteiger partial charge >= 0.3 is 13.3 Å². The summed E-state index contributed by atoms with van der Waals surface area (Å²) in [5, 5.41) is 25.4. The standard InChI is InChI=1S/C69H89F3N9O13PS2/c1-41-57(96-40-74-41)44-23-21-42(22-24-44)49(76-60(85)50-35-48(82)38-81(50)64(89)59(67(5,6)7)78-65(90)68(70)27-28-68)36-56(84)73-29-17-12-10-8-9-11-16-20-55(83)75-47-34-51(62(87)79-30-31-94-52(39-79)43-18-14-13-15-19-43)80(37-47)63(88)58(66(2,3)4)77-61(86)54-33-45-32-46(25-26-53(45)97-54)69(71,72)95(91,92)93/h13-15,18-19,21-26,32-33,40,47-52,58-59,82H,8-12,16-17,20,27-31,34-39H2,1-7H3,(H,73,84)(H,75,83)(H,76,85)(H,77,86)(H,78,90)(H2,91,92,93)/t47-,48+,49?,50-,51-,52?,58?,59?/m0/s1. The molecule has 97 heavy (non-hydrogen) atoms. The van der Waals surface area contributed by atoms with Crippen LogP contribution in [0.1, 0.15) is 169 Å². The molecule has 9 rings (SSSR count). The zero-order valence-electron chi connectivity index (χ0n) is 55.7. The Kier molecular flexibility index (Phi) is 23.7. The summed E-state index contributed by atoms with van der Waals surface area (Å²) in [6, 6.07) is 15.2. The van der Waals surface area contributed by atoms with Crippen LogP contribution in [0.3, 0.4) is 0 Å². The zero-order chi connectivity index (χ0) is 70.4. The quantitative estimate of drug-likeness (QED) is 0.0180. The van der Waals surface area contributed by atoms with Crippen LogP contribution in [-0.2, 0) is 48.5 Å². The molecule has 4 aliphatic rings. The maximum absolute atomic E-state index is 15.0. The van der Waals surface area contributed by atoms with E-state index in [0.29, 0.717) is 29.6 Å². The Hall–Kier alpha value is -7.13. The van der Waals surface area contributed by atoms with Gasteiger partial charge in [-0.1, -0.05) is 134 Å². The Morgan fingerprint density at radius 1 is 0.763 bits per heavy atom. The summed E-state index contributed by atoms with van der Waals surface area (Å²) in [5.41, 5.74) is -4.22. The summed E-state index contributed by atoms with van der Waals surface area (Å²) in [6.07, 6.45) is 4.12. The number of ether oxygens (including phenoxy) is 1. The number of rotatable bonds is 27. The van der Waals surface area contributed by atoms with Crippen molar-refractivity contribution in [1.82, 2.24) is 46.3 Å². The predicted molar refractivity (Wildman–Crippen MR) is 361 cm³/mol. The number of aliphatic hydroxyl groups excluding tert-OH is 1. The number of thiazole rings is 1. The number of β-amino-alcohol motifs (C(OH)–C–C–N with tert-alkyl or cyclic N) is 1. The van der Waals surface area contributed by atoms with Crippen molar-refractivity contribution in [2.75, 3.05) is 39.3 Å². The molecular formula is C69H89F3N9O13PS2. The maximum atomic E-state index is 15.0. The number of hydrogen-bond acceptors (Lipinski definition) is 14. The second-order valence-electron chi connectivity index (χ2n) is 28.1. The van der Waals surface area contributed by atoms with Gasteiger partial charge in [-0.15, -0.1) is 22.7 Å². The Balaban J connectivity index is 0.757. The highest BCUT2D eigenvalue weighted by Gasteiger charge is 2.54. The van der Waals surface area contributed by atoms with Gasteiger partial charge < -0.3 is 60.9 Å². The van der Waals surface area contributed by atoms with E-state index in [1.807, 2.05) is 61.5 Å². The first-order chi connectivity index (χ1) is 45.7. The average Bonchev–Trinajstić information content (AvgIpc) is 1.58. The first-order valence-corrected chi connectivity index (χ1v) is 36.4. The van der Waals surface area contributed by atoms with E-state index in [1.165, 1.54) is 33.3 Å². The van der Waals surface area contributed by atoms with Crippen LogP contribution in [0, 0.1) is 17.8 Å². The van der Waals surface area contributed by atoms with Gasteiger partial charge in [0.25, 0.3) is 11.8 Å². The van der Waals surface area contributed by atoms with E-state index >= 15 is 0 Å². The van der Waals surface area contributed by atoms with E-state index in [-0.39, 0.29) is 99.3 Å². The number of carbonyl (C=O) groups excluding carboxylic acids is 8. The molecule has 4 fully saturated rings. The number of unbranched alkanes of at least 4 members (excludes halogenated alkanes) is 6. The molecule has 3 aliphatic heterocycles. The number of morpholine rings is 1. The number of halogens is 3. The van der Waals surface area contributed by atoms with Gasteiger partial charge in [0, 0.05) is 55.3 Å². The van der Waals surface area contributed by atoms with Crippen LogP contribution in [0.25, 0.3) is 20.5 Å². The number of hydrogen-bond donors (Lipinski definition) is 8. The van der Waals surface area contributed by atoms with E-state index < -0.39 is 113 Å². The van der Waals surface area contributed by atoms with Crippen molar-refractivity contribution in [3.8, 4) is 10.4 Å². The number of aryl methyl sites for hydroxylation is 1. The van der Waals surface area contributed by atoms with Gasteiger partial charge in [0.2, 0.25) is 35.4 Å². The molecule has 8 amide bonds. The van der Waals surface area contributed by atoms with Crippen LogP contribution in [0.5, 0.6) is 0 Å². The minimum atomic E-state index is -5.87. The molecule has 0 spiro atoms. The van der Waals surface area contributed by atoms with Gasteiger partial charge in [0.05, 0.1) is 52.7 Å². The summed E-state index contributed by atoms with van der Waals surface area (Å²) < 4.78 is 62.3. The molecule has 28 heteroatoms. The summed E-state index contributed by atoms with van der Waals surface area (Å²) in [6.45, 7) is 13.2. The zero-order valence-corrected chi connectivity index (χ0v) is 58.3. The summed E-state index contributed by atoms with van der Waals surface area (Å²) in [4.78, 5) is 141. The SMILES string of the molecule is Cc1ncsc1-c1ccc(C(CC(=O)NCCCCCCCCCC(=O)N[C@H]2C[C@@H](C(=O)N3CCOC(c4ccccc4)C3)N(C(=O)C(NC(=O)c3cc4cc(C(F)(F)P(=O)(O)O)ccc4s3)C(C)(C)C)C2)NC(=O)[C@@H]2C[C@@H](O)CN2C(=O)C(NC(=O)C2(F)CC2)C(C)(C)C)cc1. The Morgan fingerprint density at radius 3 is 2.03 bits per heavy atom. The van der Waals surface area contributed by atoms with E-state index in [4.69, 9.17) is 4.74 Å². The normalized spacial score (nSPS) is 20.6. The average molecular weight is 1400 g/mol. The number of carbonyl (C=O) groups is 8. The summed E-state index contributed by atoms with van der Waals surface area (Å²) >= 11 is 2.43. The second-order valence-corrected chi connectivity index (χ2v) is 31.7. The van der Waals surface area contributed by atoms with Gasteiger partial charge in [-0.3, -0.25) is 42.9 Å². The molecule has 3 saturated heterocycles. The molecule has 0 radical (unpaired) electrons. The number of nitrogens with zero attached hydrogens (tertiary/aromatic N) is 4. The molecule has 526 valence electrons. The number of benzene rings is 3. The van der Waals surface area contributed by atoms with Gasteiger partial charge in [-0.25, -0.2) is 9.37 Å². The fraction of sp³-hybridized carbons (Fsp3) is 0.551. The smallest absolute Gasteiger partial charge is 0.391 e. The van der Waals surface area contributed by atoms with Gasteiger partial charge in [-0.2, -0.15) is 8.78 Å². The lowest BCUT2D eigenvalue weighted by atomic mass is 9.85. The summed E-state index contributed by atoms with van der Waals surface area (Å²) in [7, 11) is -5.87. The number of aromatic nitrogens is 1. The second kappa shape index (κ2) is 31.0. The molecule has 3 aromatic carbocycles. The third-order valence-electron chi connectivity index (χ3n) is 18.4. The van der Waals surface area contributed by atoms with Crippen molar-refractivity contribution < 1.29 is 75.7 Å². The molecule has 1 aliphatic carbocycles. The summed E-state index contributed by atoms with van der Waals surface area (Å²) in [5.74, 6) is -4.29. The number of likely N-dealkylation sites (tertiary alicyclic amines) is 2. The van der Waals surface area contributed by atoms with Gasteiger partial charge in [0.15, 0.2) is 5.67 Å². The van der Waals surface area contributed by atoms with Gasteiger partial charge in [0.1, 0.15) is 30.3 Å². The van der Waals surface area contributed by atoms with Crippen LogP contribution >= 0.6 is 30.3 Å². The maximum Gasteiger partial charge on any atom is 0.399 e. The third kappa shape index (κ3) is 18.4. The van der Waals surface area contributed by atoms with Crippen molar-refractivity contribution >= 4 is 87.6 Å². The highest BCUT2D eigenvalue weighted by molar-refractivity contribution is 7.52. The van der Waals surface area contributed by atoms with E-state index in [9.17, 15) is 71.0 Å². The van der Waals surface area contributed by atoms with Crippen LogP contribution < -0.4 is 26.6 Å². The predicted octanol–water partition coefficient (Wildman–Crippen LogP) is 8.87. The molecule has 5 heterocycles. The largest absolute Gasteiger partial charge is 0.399 e. The number of nitrogens with one attached hydrogen (secondary N) is 5. The Morgan fingerprint density at radius 2 is 1.40 bits per heavy atom. The van der Waals surface area contributed by atoms with Crippen LogP contribution in [0.15, 0.2) is 84.4 Å². The molecule has 2 aromatic heterocycles. The lowest BCUT2D eigenvalue weighted by molar-refractivity contribution is -0.150. The first kappa shape index (κ1) is 74.1. The minimum absolute atomic E-state index is 0.0310. The van der Waals surface area contributed by atoms with Crippen molar-refractivity contribution in [1.29, 1.82) is 0 Å². The minimum Gasteiger partial charge on any atom is -0.391 e. The molecule has 4 unspecified atom stereocenters. The molecule has 22 nitrogen and oxygen atoms in total. The van der Waals surface area contributed by atoms with Crippen molar-refractivity contribution in [3.05, 3.63) is 112 Å². The molecule has 5 aromatic rings. The van der Waals surface area contributed by atoms with E-state index in [0.717, 1.165) is 77.3 Å². The third-order valence-corrected chi connectivity index (χ3v) is 21.5. The molecule has 8 atom stereocenters.